The summed E-state index contributed by atoms with van der Waals surface area (Å²) in [7, 11) is -3.58. The van der Waals surface area contributed by atoms with Gasteiger partial charge in [-0.25, -0.2) is 12.8 Å². The number of anilines is 1. The average molecular weight is 472 g/mol. The van der Waals surface area contributed by atoms with Gasteiger partial charge in [0.1, 0.15) is 5.82 Å². The molecular weight excluding hydrogens is 452 g/mol. The Kier molecular flexibility index (Phi) is 6.59. The largest absolute Gasteiger partial charge is 0.416 e. The number of halogens is 4. The summed E-state index contributed by atoms with van der Waals surface area (Å²) in [5, 5.41) is 2.40. The number of hydrogen-bond donors (Lipinski definition) is 1. The van der Waals surface area contributed by atoms with E-state index in [-0.39, 0.29) is 42.1 Å². The number of nitrogens with one attached hydrogen (secondary N) is 1. The van der Waals surface area contributed by atoms with E-state index >= 15 is 0 Å². The van der Waals surface area contributed by atoms with Crippen molar-refractivity contribution in [2.24, 2.45) is 5.92 Å². The highest BCUT2D eigenvalue weighted by Gasteiger charge is 2.31. The summed E-state index contributed by atoms with van der Waals surface area (Å²) in [6.45, 7) is 0.396. The number of benzene rings is 2. The van der Waals surface area contributed by atoms with E-state index < -0.39 is 45.1 Å². The van der Waals surface area contributed by atoms with Gasteiger partial charge in [0.15, 0.2) is 9.84 Å². The van der Waals surface area contributed by atoms with E-state index in [0.717, 1.165) is 48.7 Å². The number of likely N-dealkylation sites (tertiary alicyclic amines) is 1. The fourth-order valence-corrected chi connectivity index (χ4v) is 4.04. The summed E-state index contributed by atoms with van der Waals surface area (Å²) in [5.74, 6) is -2.26. The predicted molar refractivity (Wildman–Crippen MR) is 108 cm³/mol. The quantitative estimate of drug-likeness (QED) is 0.543. The Bertz CT molecular complexity index is 1120. The van der Waals surface area contributed by atoms with Crippen LogP contribution in [-0.2, 0) is 20.8 Å². The van der Waals surface area contributed by atoms with Gasteiger partial charge in [-0.1, -0.05) is 0 Å². The summed E-state index contributed by atoms with van der Waals surface area (Å²) in [5.41, 5.74) is -0.988. The number of rotatable bonds is 4. The zero-order valence-corrected chi connectivity index (χ0v) is 17.8. The number of nitrogens with zero attached hydrogens (tertiary/aromatic N) is 1. The first kappa shape index (κ1) is 23.7. The first-order valence-electron chi connectivity index (χ1n) is 9.63. The zero-order valence-electron chi connectivity index (χ0n) is 16.9. The van der Waals surface area contributed by atoms with Crippen LogP contribution in [0.2, 0.25) is 0 Å². The van der Waals surface area contributed by atoms with Crippen LogP contribution in [0, 0.1) is 11.7 Å². The number of piperidine rings is 1. The van der Waals surface area contributed by atoms with E-state index in [1.807, 2.05) is 0 Å². The van der Waals surface area contributed by atoms with Crippen LogP contribution in [-0.4, -0.2) is 44.5 Å². The van der Waals surface area contributed by atoms with Gasteiger partial charge in [-0.05, 0) is 55.3 Å². The second-order valence-corrected chi connectivity index (χ2v) is 9.56. The molecule has 1 N–H and O–H groups in total. The Hall–Kier alpha value is -2.95. The van der Waals surface area contributed by atoms with Crippen LogP contribution in [0.5, 0.6) is 0 Å². The van der Waals surface area contributed by atoms with Crippen LogP contribution < -0.4 is 5.32 Å². The summed E-state index contributed by atoms with van der Waals surface area (Å²) >= 11 is 0. The van der Waals surface area contributed by atoms with Crippen molar-refractivity contribution < 1.29 is 35.6 Å². The highest BCUT2D eigenvalue weighted by Crippen LogP contribution is 2.29. The van der Waals surface area contributed by atoms with E-state index in [0.29, 0.717) is 0 Å². The molecule has 0 unspecified atom stereocenters. The molecule has 1 heterocycles. The summed E-state index contributed by atoms with van der Waals surface area (Å²) < 4.78 is 75.3. The molecule has 0 atom stereocenters. The number of amides is 2. The molecule has 1 saturated heterocycles. The van der Waals surface area contributed by atoms with E-state index in [1.54, 1.807) is 0 Å². The van der Waals surface area contributed by atoms with Crippen molar-refractivity contribution in [1.82, 2.24) is 4.90 Å². The molecule has 172 valence electrons. The summed E-state index contributed by atoms with van der Waals surface area (Å²) in [4.78, 5) is 26.4. The molecule has 6 nitrogen and oxygen atoms in total. The lowest BCUT2D eigenvalue weighted by Gasteiger charge is -2.31. The van der Waals surface area contributed by atoms with Gasteiger partial charge in [-0.3, -0.25) is 9.59 Å². The first-order chi connectivity index (χ1) is 14.9. The monoisotopic (exact) mass is 472 g/mol. The molecule has 32 heavy (non-hydrogen) atoms. The standard InChI is InChI=1S/C21H20F4N2O4S/c1-32(30,31)16-6-7-17(22)18(12-16)26-19(28)13-8-10-27(11-9-13)20(29)14-2-4-15(5-3-14)21(23,24)25/h2-7,12-13H,8-11H2,1H3,(H,26,28). The molecule has 1 fully saturated rings. The molecule has 1 aliphatic heterocycles. The lowest BCUT2D eigenvalue weighted by molar-refractivity contribution is -0.137. The summed E-state index contributed by atoms with van der Waals surface area (Å²) in [6.07, 6.45) is -2.99. The smallest absolute Gasteiger partial charge is 0.339 e. The Morgan fingerprint density at radius 1 is 1.03 bits per heavy atom. The number of hydrogen-bond acceptors (Lipinski definition) is 4. The number of sulfone groups is 1. The molecule has 0 radical (unpaired) electrons. The normalized spacial score (nSPS) is 15.5. The Balaban J connectivity index is 1.61. The van der Waals surface area contributed by atoms with Crippen LogP contribution >= 0.6 is 0 Å². The Morgan fingerprint density at radius 2 is 1.62 bits per heavy atom. The Labute approximate surface area is 182 Å². The molecule has 0 aliphatic carbocycles. The molecule has 2 aromatic carbocycles. The highest BCUT2D eigenvalue weighted by molar-refractivity contribution is 7.90. The van der Waals surface area contributed by atoms with Gasteiger partial charge in [-0.15, -0.1) is 0 Å². The highest BCUT2D eigenvalue weighted by atomic mass is 32.2. The molecule has 0 bridgehead atoms. The topological polar surface area (TPSA) is 83.6 Å². The molecular formula is C21H20F4N2O4S. The van der Waals surface area contributed by atoms with Gasteiger partial charge in [0, 0.05) is 30.8 Å². The lowest BCUT2D eigenvalue weighted by Crippen LogP contribution is -2.41. The first-order valence-corrected chi connectivity index (χ1v) is 11.5. The van der Waals surface area contributed by atoms with Crippen LogP contribution in [0.15, 0.2) is 47.4 Å². The van der Waals surface area contributed by atoms with Crippen molar-refractivity contribution in [2.45, 2.75) is 23.9 Å². The van der Waals surface area contributed by atoms with Crippen LogP contribution in [0.4, 0.5) is 23.2 Å². The van der Waals surface area contributed by atoms with Gasteiger partial charge in [0.05, 0.1) is 16.1 Å². The second kappa shape index (κ2) is 8.89. The van der Waals surface area contributed by atoms with Crippen molar-refractivity contribution in [3.63, 3.8) is 0 Å². The third kappa shape index (κ3) is 5.45. The van der Waals surface area contributed by atoms with Crippen molar-refractivity contribution in [3.8, 4) is 0 Å². The third-order valence-corrected chi connectivity index (χ3v) is 6.35. The number of carbonyl (C=O) groups is 2. The second-order valence-electron chi connectivity index (χ2n) is 7.54. The van der Waals surface area contributed by atoms with Gasteiger partial charge in [0.2, 0.25) is 5.91 Å². The SMILES string of the molecule is CS(=O)(=O)c1ccc(F)c(NC(=O)C2CCN(C(=O)c3ccc(C(F)(F)F)cc3)CC2)c1. The predicted octanol–water partition coefficient (Wildman–Crippen LogP) is 3.74. The molecule has 2 amide bonds. The maximum atomic E-state index is 14.0. The molecule has 0 aromatic heterocycles. The third-order valence-electron chi connectivity index (χ3n) is 5.24. The van der Waals surface area contributed by atoms with E-state index in [1.165, 1.54) is 4.90 Å². The van der Waals surface area contributed by atoms with E-state index in [4.69, 9.17) is 0 Å². The Morgan fingerprint density at radius 3 is 2.16 bits per heavy atom. The molecule has 1 aliphatic rings. The number of carbonyl (C=O) groups excluding carboxylic acids is 2. The van der Waals surface area contributed by atoms with Crippen molar-refractivity contribution in [3.05, 3.63) is 59.4 Å². The van der Waals surface area contributed by atoms with Crippen molar-refractivity contribution in [2.75, 3.05) is 24.7 Å². The van der Waals surface area contributed by atoms with Gasteiger partial charge in [-0.2, -0.15) is 13.2 Å². The van der Waals surface area contributed by atoms with Crippen LogP contribution in [0.3, 0.4) is 0 Å². The molecule has 3 rings (SSSR count). The lowest BCUT2D eigenvalue weighted by atomic mass is 9.95. The minimum Gasteiger partial charge on any atom is -0.339 e. The van der Waals surface area contributed by atoms with E-state index in [2.05, 4.69) is 5.32 Å². The van der Waals surface area contributed by atoms with Crippen LogP contribution in [0.25, 0.3) is 0 Å². The minimum atomic E-state index is -4.49. The zero-order chi connectivity index (χ0) is 23.7. The fraction of sp³-hybridized carbons (Fsp3) is 0.333. The van der Waals surface area contributed by atoms with Gasteiger partial charge >= 0.3 is 6.18 Å². The van der Waals surface area contributed by atoms with Gasteiger partial charge < -0.3 is 10.2 Å². The minimum absolute atomic E-state index is 0.112. The molecule has 11 heteroatoms. The summed E-state index contributed by atoms with van der Waals surface area (Å²) in [6, 6.07) is 7.01. The average Bonchev–Trinajstić information content (AvgIpc) is 2.73. The van der Waals surface area contributed by atoms with Gasteiger partial charge in [0.25, 0.3) is 5.91 Å². The maximum Gasteiger partial charge on any atom is 0.416 e. The van der Waals surface area contributed by atoms with Crippen molar-refractivity contribution >= 4 is 27.3 Å². The fourth-order valence-electron chi connectivity index (χ4n) is 3.39. The van der Waals surface area contributed by atoms with Crippen LogP contribution in [0.1, 0.15) is 28.8 Å². The van der Waals surface area contributed by atoms with Crippen molar-refractivity contribution in [1.29, 1.82) is 0 Å². The van der Waals surface area contributed by atoms with E-state index in [9.17, 15) is 35.6 Å². The molecule has 0 saturated carbocycles. The number of alkyl halides is 3. The molecule has 2 aromatic rings. The molecule has 0 spiro atoms. The maximum absolute atomic E-state index is 14.0.